The minimum atomic E-state index is -0.298. The van der Waals surface area contributed by atoms with Crippen molar-refractivity contribution in [1.82, 2.24) is 15.6 Å². The second-order valence-corrected chi connectivity index (χ2v) is 6.96. The first-order chi connectivity index (χ1) is 13.1. The maximum absolute atomic E-state index is 11.8. The number of anilines is 1. The van der Waals surface area contributed by atoms with E-state index >= 15 is 0 Å². The third kappa shape index (κ3) is 5.77. The number of nitrogens with zero attached hydrogens (tertiary/aromatic N) is 3. The Morgan fingerprint density at radius 2 is 2.11 bits per heavy atom. The van der Waals surface area contributed by atoms with E-state index in [1.165, 1.54) is 17.6 Å². The molecule has 0 aliphatic carbocycles. The molecule has 0 radical (unpaired) electrons. The van der Waals surface area contributed by atoms with Gasteiger partial charge in [-0.3, -0.25) is 4.79 Å². The summed E-state index contributed by atoms with van der Waals surface area (Å²) in [5.74, 6) is 0.378. The lowest BCUT2D eigenvalue weighted by Gasteiger charge is -2.08. The molecule has 2 aromatic carbocycles. The van der Waals surface area contributed by atoms with Crippen LogP contribution >= 0.6 is 22.9 Å². The molecule has 0 saturated carbocycles. The maximum Gasteiger partial charge on any atom is 0.247 e. The Balaban J connectivity index is 1.53. The summed E-state index contributed by atoms with van der Waals surface area (Å²) in [7, 11) is 0. The lowest BCUT2D eigenvalue weighted by Crippen LogP contribution is -2.19. The number of amides is 1. The van der Waals surface area contributed by atoms with E-state index in [1.807, 2.05) is 48.5 Å². The van der Waals surface area contributed by atoms with Crippen LogP contribution in [-0.4, -0.2) is 22.3 Å². The molecule has 1 aromatic heterocycles. The van der Waals surface area contributed by atoms with Crippen LogP contribution in [0.1, 0.15) is 16.1 Å². The minimum Gasteiger partial charge on any atom is -0.489 e. The summed E-state index contributed by atoms with van der Waals surface area (Å²) in [4.78, 5) is 11.8. The van der Waals surface area contributed by atoms with Crippen molar-refractivity contribution in [1.29, 1.82) is 0 Å². The summed E-state index contributed by atoms with van der Waals surface area (Å²) < 4.78 is 5.76. The van der Waals surface area contributed by atoms with E-state index in [4.69, 9.17) is 22.1 Å². The first-order valence-electron chi connectivity index (χ1n) is 7.96. The molecule has 0 spiro atoms. The molecule has 3 aromatic rings. The predicted octanol–water partition coefficient (Wildman–Crippen LogP) is 3.05. The van der Waals surface area contributed by atoms with E-state index in [0.29, 0.717) is 27.5 Å². The van der Waals surface area contributed by atoms with Gasteiger partial charge < -0.3 is 10.5 Å². The van der Waals surface area contributed by atoms with Gasteiger partial charge in [-0.05, 0) is 23.8 Å². The van der Waals surface area contributed by atoms with Crippen LogP contribution in [0.25, 0.3) is 0 Å². The van der Waals surface area contributed by atoms with Gasteiger partial charge in [0.05, 0.1) is 12.6 Å². The molecular formula is C18H16ClN5O2S. The van der Waals surface area contributed by atoms with Crippen molar-refractivity contribution in [3.05, 3.63) is 69.7 Å². The lowest BCUT2D eigenvalue weighted by molar-refractivity contribution is -0.120. The van der Waals surface area contributed by atoms with Gasteiger partial charge in [0.2, 0.25) is 11.0 Å². The summed E-state index contributed by atoms with van der Waals surface area (Å²) in [5.41, 5.74) is 9.61. The lowest BCUT2D eigenvalue weighted by atomic mass is 10.2. The average Bonchev–Trinajstić information content (AvgIpc) is 3.06. The number of benzene rings is 2. The van der Waals surface area contributed by atoms with Crippen LogP contribution in [0.2, 0.25) is 5.02 Å². The van der Waals surface area contributed by atoms with Crippen molar-refractivity contribution in [3.8, 4) is 5.75 Å². The van der Waals surface area contributed by atoms with Crippen LogP contribution in [0.15, 0.2) is 53.6 Å². The Hall–Kier alpha value is -2.97. The van der Waals surface area contributed by atoms with E-state index in [9.17, 15) is 4.79 Å². The molecule has 0 bridgehead atoms. The smallest absolute Gasteiger partial charge is 0.247 e. The van der Waals surface area contributed by atoms with E-state index in [0.717, 1.165) is 11.1 Å². The number of carbonyl (C=O) groups is 1. The monoisotopic (exact) mass is 401 g/mol. The van der Waals surface area contributed by atoms with Gasteiger partial charge in [0.15, 0.2) is 0 Å². The normalized spacial score (nSPS) is 10.9. The standard InChI is InChI=1S/C18H16ClN5O2S/c19-15-7-2-1-5-13(15)11-26-14-6-3-4-12(8-14)10-21-22-16(25)9-17-23-24-18(20)27-17/h1-8,10H,9,11H2,(H2,20,24)(H,22,25)/b21-10+. The van der Waals surface area contributed by atoms with Crippen LogP contribution in [0.4, 0.5) is 5.13 Å². The quantitative estimate of drug-likeness (QED) is 0.468. The molecule has 0 aliphatic rings. The molecule has 1 amide bonds. The summed E-state index contributed by atoms with van der Waals surface area (Å²) in [6, 6.07) is 14.9. The summed E-state index contributed by atoms with van der Waals surface area (Å²) in [6.45, 7) is 0.363. The third-order valence-electron chi connectivity index (χ3n) is 3.41. The second kappa shape index (κ2) is 9.11. The number of ether oxygens (including phenoxy) is 1. The zero-order valence-corrected chi connectivity index (χ0v) is 15.7. The van der Waals surface area contributed by atoms with E-state index < -0.39 is 0 Å². The van der Waals surface area contributed by atoms with Crippen molar-refractivity contribution in [3.63, 3.8) is 0 Å². The number of nitrogens with one attached hydrogen (secondary N) is 1. The second-order valence-electron chi connectivity index (χ2n) is 5.46. The highest BCUT2D eigenvalue weighted by atomic mass is 35.5. The van der Waals surface area contributed by atoms with Crippen LogP contribution in [0.3, 0.4) is 0 Å². The third-order valence-corrected chi connectivity index (χ3v) is 4.53. The van der Waals surface area contributed by atoms with E-state index in [2.05, 4.69) is 20.7 Å². The molecule has 1 heterocycles. The van der Waals surface area contributed by atoms with Crippen molar-refractivity contribution in [2.24, 2.45) is 5.10 Å². The Morgan fingerprint density at radius 1 is 1.26 bits per heavy atom. The van der Waals surface area contributed by atoms with Gasteiger partial charge in [-0.1, -0.05) is 53.3 Å². The number of hydrogen-bond donors (Lipinski definition) is 2. The highest BCUT2D eigenvalue weighted by Gasteiger charge is 2.07. The van der Waals surface area contributed by atoms with Crippen molar-refractivity contribution >= 4 is 40.2 Å². The van der Waals surface area contributed by atoms with Crippen LogP contribution in [0, 0.1) is 0 Å². The number of halogens is 1. The number of carbonyl (C=O) groups excluding carboxylic acids is 1. The maximum atomic E-state index is 11.8. The zero-order chi connectivity index (χ0) is 19.1. The molecule has 0 fully saturated rings. The van der Waals surface area contributed by atoms with Gasteiger partial charge >= 0.3 is 0 Å². The number of hydrazone groups is 1. The Bertz CT molecular complexity index is 960. The topological polar surface area (TPSA) is 102 Å². The molecule has 7 nitrogen and oxygen atoms in total. The molecule has 0 aliphatic heterocycles. The van der Waals surface area contributed by atoms with Crippen molar-refractivity contribution in [2.45, 2.75) is 13.0 Å². The van der Waals surface area contributed by atoms with Crippen molar-refractivity contribution < 1.29 is 9.53 Å². The van der Waals surface area contributed by atoms with Gasteiger partial charge in [-0.15, -0.1) is 10.2 Å². The van der Waals surface area contributed by atoms with Gasteiger partial charge in [-0.25, -0.2) is 5.43 Å². The first-order valence-corrected chi connectivity index (χ1v) is 9.15. The first kappa shape index (κ1) is 18.8. The van der Waals surface area contributed by atoms with Crippen LogP contribution in [-0.2, 0) is 17.8 Å². The molecule has 3 rings (SSSR count). The van der Waals surface area contributed by atoms with Gasteiger partial charge in [0.1, 0.15) is 17.4 Å². The average molecular weight is 402 g/mol. The molecule has 27 heavy (non-hydrogen) atoms. The molecule has 0 saturated heterocycles. The SMILES string of the molecule is Nc1nnc(CC(=O)N/N=C/c2cccc(OCc3ccccc3Cl)c2)s1. The summed E-state index contributed by atoms with van der Waals surface area (Å²) in [5, 5.41) is 12.9. The Kier molecular flexibility index (Phi) is 6.35. The van der Waals surface area contributed by atoms with Crippen LogP contribution < -0.4 is 15.9 Å². The molecule has 9 heteroatoms. The molecule has 3 N–H and O–H groups in total. The largest absolute Gasteiger partial charge is 0.489 e. The number of rotatable bonds is 7. The van der Waals surface area contributed by atoms with Crippen molar-refractivity contribution in [2.75, 3.05) is 5.73 Å². The number of nitrogens with two attached hydrogens (primary N) is 1. The minimum absolute atomic E-state index is 0.0766. The summed E-state index contributed by atoms with van der Waals surface area (Å²) >= 11 is 7.29. The number of aromatic nitrogens is 2. The van der Waals surface area contributed by atoms with E-state index in [-0.39, 0.29) is 12.3 Å². The van der Waals surface area contributed by atoms with Crippen LogP contribution in [0.5, 0.6) is 5.75 Å². The molecule has 0 atom stereocenters. The number of nitrogen functional groups attached to an aromatic ring is 1. The number of hydrogen-bond acceptors (Lipinski definition) is 7. The molecule has 0 unspecified atom stereocenters. The zero-order valence-electron chi connectivity index (χ0n) is 14.1. The Labute approximate surface area is 164 Å². The van der Waals surface area contributed by atoms with Gasteiger partial charge in [-0.2, -0.15) is 5.10 Å². The predicted molar refractivity (Wildman–Crippen MR) is 106 cm³/mol. The van der Waals surface area contributed by atoms with Gasteiger partial charge in [0, 0.05) is 10.6 Å². The fourth-order valence-electron chi connectivity index (χ4n) is 2.15. The molecule has 138 valence electrons. The highest BCUT2D eigenvalue weighted by Crippen LogP contribution is 2.19. The van der Waals surface area contributed by atoms with Gasteiger partial charge in [0.25, 0.3) is 0 Å². The fourth-order valence-corrected chi connectivity index (χ4v) is 2.95. The fraction of sp³-hybridized carbons (Fsp3) is 0.111. The summed E-state index contributed by atoms with van der Waals surface area (Å²) in [6.07, 6.45) is 1.61. The highest BCUT2D eigenvalue weighted by molar-refractivity contribution is 7.15. The Morgan fingerprint density at radius 3 is 2.89 bits per heavy atom. The molecular weight excluding hydrogens is 386 g/mol. The van der Waals surface area contributed by atoms with E-state index in [1.54, 1.807) is 0 Å².